The number of fused-ring (bicyclic) bond motifs is 3. The molecule has 2 aliphatic heterocycles. The minimum Gasteiger partial charge on any atom is -0.342 e. The van der Waals surface area contributed by atoms with E-state index in [2.05, 4.69) is 15.6 Å². The van der Waals surface area contributed by atoms with Crippen LogP contribution in [0, 0.1) is 0 Å². The smallest absolute Gasteiger partial charge is 0.256 e. The monoisotopic (exact) mass is 492 g/mol. The van der Waals surface area contributed by atoms with Crippen LogP contribution in [0.15, 0.2) is 66.2 Å². The maximum Gasteiger partial charge on any atom is 0.256 e. The predicted octanol–water partition coefficient (Wildman–Crippen LogP) is 3.86. The number of rotatable bonds is 6. The Kier molecular flexibility index (Phi) is 5.91. The van der Waals surface area contributed by atoms with Crippen molar-refractivity contribution in [1.82, 2.24) is 15.2 Å². The van der Waals surface area contributed by atoms with Crippen LogP contribution in [0.4, 0.5) is 5.13 Å². The van der Waals surface area contributed by atoms with Gasteiger partial charge in [-0.25, -0.2) is 4.98 Å². The number of carbonyl (C=O) groups excluding carboxylic acids is 3. The van der Waals surface area contributed by atoms with Gasteiger partial charge in [0.1, 0.15) is 17.5 Å². The van der Waals surface area contributed by atoms with E-state index in [-0.39, 0.29) is 23.1 Å². The first-order valence-corrected chi connectivity index (χ1v) is 12.7. The Bertz CT molecular complexity index is 1230. The third kappa shape index (κ3) is 4.10. The van der Waals surface area contributed by atoms with Gasteiger partial charge in [-0.3, -0.25) is 14.4 Å². The number of anilines is 1. The summed E-state index contributed by atoms with van der Waals surface area (Å²) in [5, 5.41) is 7.78. The summed E-state index contributed by atoms with van der Waals surface area (Å²) in [5.74, 6) is -0.828. The molecule has 1 aromatic heterocycles. The van der Waals surface area contributed by atoms with Gasteiger partial charge >= 0.3 is 0 Å². The fraction of sp³-hybridized carbons (Fsp3) is 0.280. The Balaban J connectivity index is 1.41. The van der Waals surface area contributed by atoms with E-state index in [4.69, 9.17) is 0 Å². The molecule has 1 saturated heterocycles. The van der Waals surface area contributed by atoms with E-state index in [1.54, 1.807) is 34.3 Å². The van der Waals surface area contributed by atoms with Gasteiger partial charge in [0.2, 0.25) is 11.8 Å². The number of nitrogens with one attached hydrogen (secondary N) is 2. The number of thioether (sulfide) groups is 1. The van der Waals surface area contributed by atoms with Crippen molar-refractivity contribution in [2.75, 3.05) is 5.32 Å². The first kappa shape index (κ1) is 22.6. The molecule has 3 amide bonds. The average Bonchev–Trinajstić information content (AvgIpc) is 3.49. The molecule has 3 heterocycles. The van der Waals surface area contributed by atoms with Crippen LogP contribution in [0.1, 0.15) is 40.7 Å². The highest BCUT2D eigenvalue weighted by molar-refractivity contribution is 8.01. The second-order valence-electron chi connectivity index (χ2n) is 8.85. The van der Waals surface area contributed by atoms with Gasteiger partial charge in [-0.05, 0) is 31.0 Å². The van der Waals surface area contributed by atoms with Crippen molar-refractivity contribution in [1.29, 1.82) is 0 Å². The fourth-order valence-corrected chi connectivity index (χ4v) is 6.71. The third-order valence-electron chi connectivity index (χ3n) is 6.12. The SMILES string of the molecule is CC1(C)S[C@@H]2c3ccccc3C(=O)N2[C@@H]1C(=O)N[C@@H](Cc1ccccc1)C(=O)Nc1nccs1. The van der Waals surface area contributed by atoms with Gasteiger partial charge in [0.25, 0.3) is 5.91 Å². The number of benzene rings is 2. The lowest BCUT2D eigenvalue weighted by Crippen LogP contribution is -2.56. The number of thiazole rings is 1. The number of hydrogen-bond donors (Lipinski definition) is 2. The largest absolute Gasteiger partial charge is 0.342 e. The van der Waals surface area contributed by atoms with Crippen LogP contribution in [0.2, 0.25) is 0 Å². The first-order chi connectivity index (χ1) is 16.3. The van der Waals surface area contributed by atoms with Crippen LogP contribution < -0.4 is 10.6 Å². The van der Waals surface area contributed by atoms with Gasteiger partial charge < -0.3 is 15.5 Å². The zero-order valence-electron chi connectivity index (χ0n) is 18.7. The number of amides is 3. The molecule has 174 valence electrons. The second kappa shape index (κ2) is 8.88. The lowest BCUT2D eigenvalue weighted by atomic mass is 9.99. The average molecular weight is 493 g/mol. The highest BCUT2D eigenvalue weighted by atomic mass is 32.2. The van der Waals surface area contributed by atoms with Crippen LogP contribution in [0.25, 0.3) is 0 Å². The molecule has 0 bridgehead atoms. The summed E-state index contributed by atoms with van der Waals surface area (Å²) in [7, 11) is 0. The van der Waals surface area contributed by atoms with Crippen LogP contribution >= 0.6 is 23.1 Å². The van der Waals surface area contributed by atoms with Crippen molar-refractivity contribution in [2.45, 2.75) is 42.5 Å². The molecule has 2 aromatic carbocycles. The summed E-state index contributed by atoms with van der Waals surface area (Å²) in [5.41, 5.74) is 2.49. The molecule has 34 heavy (non-hydrogen) atoms. The molecular formula is C25H24N4O3S2. The van der Waals surface area contributed by atoms with Crippen LogP contribution in [0.5, 0.6) is 0 Å². The molecule has 3 aromatic rings. The molecule has 2 N–H and O–H groups in total. The van der Waals surface area contributed by atoms with Crippen molar-refractivity contribution in [3.8, 4) is 0 Å². The Morgan fingerprint density at radius 1 is 1.12 bits per heavy atom. The molecular weight excluding hydrogens is 468 g/mol. The molecule has 2 aliphatic rings. The Labute approximate surface area is 206 Å². The highest BCUT2D eigenvalue weighted by Crippen LogP contribution is 2.56. The minimum absolute atomic E-state index is 0.148. The van der Waals surface area contributed by atoms with Gasteiger partial charge in [-0.2, -0.15) is 0 Å². The first-order valence-electron chi connectivity index (χ1n) is 11.0. The molecule has 5 rings (SSSR count). The topological polar surface area (TPSA) is 91.4 Å². The number of nitrogens with zero attached hydrogens (tertiary/aromatic N) is 2. The van der Waals surface area contributed by atoms with E-state index in [1.807, 2.05) is 62.4 Å². The summed E-state index contributed by atoms with van der Waals surface area (Å²) in [4.78, 5) is 45.9. The zero-order valence-corrected chi connectivity index (χ0v) is 20.4. The molecule has 0 spiro atoms. The van der Waals surface area contributed by atoms with Gasteiger partial charge in [0, 0.05) is 28.3 Å². The predicted molar refractivity (Wildman–Crippen MR) is 134 cm³/mol. The molecule has 0 saturated carbocycles. The number of carbonyl (C=O) groups is 3. The molecule has 1 fully saturated rings. The summed E-state index contributed by atoms with van der Waals surface area (Å²) >= 11 is 2.91. The fourth-order valence-electron chi connectivity index (χ4n) is 4.59. The molecule has 0 unspecified atom stereocenters. The summed E-state index contributed by atoms with van der Waals surface area (Å²) < 4.78 is -0.527. The normalized spacial score (nSPS) is 21.0. The molecule has 9 heteroatoms. The maximum absolute atomic E-state index is 13.7. The van der Waals surface area contributed by atoms with Crippen LogP contribution in [0.3, 0.4) is 0 Å². The van der Waals surface area contributed by atoms with Gasteiger partial charge in [-0.15, -0.1) is 23.1 Å². The van der Waals surface area contributed by atoms with E-state index < -0.39 is 16.8 Å². The van der Waals surface area contributed by atoms with Crippen molar-refractivity contribution in [3.63, 3.8) is 0 Å². The van der Waals surface area contributed by atoms with Crippen molar-refractivity contribution < 1.29 is 14.4 Å². The molecule has 3 atom stereocenters. The van der Waals surface area contributed by atoms with Gasteiger partial charge in [-0.1, -0.05) is 48.5 Å². The molecule has 0 aliphatic carbocycles. The van der Waals surface area contributed by atoms with Crippen molar-refractivity contribution in [2.24, 2.45) is 0 Å². The van der Waals surface area contributed by atoms with E-state index in [0.717, 1.165) is 11.1 Å². The summed E-state index contributed by atoms with van der Waals surface area (Å²) in [6, 6.07) is 15.5. The summed E-state index contributed by atoms with van der Waals surface area (Å²) in [6.07, 6.45) is 1.93. The van der Waals surface area contributed by atoms with Crippen LogP contribution in [-0.2, 0) is 16.0 Å². The lowest BCUT2D eigenvalue weighted by Gasteiger charge is -2.31. The number of aromatic nitrogens is 1. The number of hydrogen-bond acceptors (Lipinski definition) is 6. The summed E-state index contributed by atoms with van der Waals surface area (Å²) in [6.45, 7) is 3.94. The van der Waals surface area contributed by atoms with Gasteiger partial charge in [0.15, 0.2) is 5.13 Å². The molecule has 0 radical (unpaired) electrons. The van der Waals surface area contributed by atoms with Gasteiger partial charge in [0.05, 0.1) is 0 Å². The second-order valence-corrected chi connectivity index (χ2v) is 11.5. The molecule has 7 nitrogen and oxygen atoms in total. The Morgan fingerprint density at radius 2 is 1.85 bits per heavy atom. The minimum atomic E-state index is -0.821. The Hall–Kier alpha value is -3.17. The lowest BCUT2D eigenvalue weighted by molar-refractivity contribution is -0.130. The maximum atomic E-state index is 13.7. The zero-order chi connectivity index (χ0) is 23.9. The quantitative estimate of drug-likeness (QED) is 0.545. The van der Waals surface area contributed by atoms with Crippen molar-refractivity contribution >= 4 is 46.0 Å². The highest BCUT2D eigenvalue weighted by Gasteiger charge is 2.57. The van der Waals surface area contributed by atoms with E-state index in [9.17, 15) is 14.4 Å². The third-order valence-corrected chi connectivity index (χ3v) is 8.35. The van der Waals surface area contributed by atoms with E-state index >= 15 is 0 Å². The van der Waals surface area contributed by atoms with Crippen LogP contribution in [-0.4, -0.2) is 44.4 Å². The standard InChI is InChI=1S/C25H24N4O3S2/c1-25(2)19(29-22(32)16-10-6-7-11-17(16)23(29)34-25)21(31)27-18(14-15-8-4-3-5-9-15)20(30)28-24-26-12-13-33-24/h3-13,18-19,23H,14H2,1-2H3,(H,27,31)(H,26,28,30)/t18-,19+,23+/m0/s1. The van der Waals surface area contributed by atoms with E-state index in [0.29, 0.717) is 17.1 Å². The van der Waals surface area contributed by atoms with Crippen molar-refractivity contribution in [3.05, 3.63) is 82.9 Å². The Morgan fingerprint density at radius 3 is 2.59 bits per heavy atom. The van der Waals surface area contributed by atoms with E-state index in [1.165, 1.54) is 11.3 Å².